The third-order valence-corrected chi connectivity index (χ3v) is 5.33. The summed E-state index contributed by atoms with van der Waals surface area (Å²) in [6, 6.07) is 8.08. The number of carbonyl (C=O) groups is 1. The van der Waals surface area contributed by atoms with Crippen molar-refractivity contribution in [2.75, 3.05) is 32.1 Å². The molecule has 1 N–H and O–H groups in total. The standard InChI is InChI=1S/C21H26N6O2/c1-13-14(2)23-19(21(28)26(3)4)25-20(13)27-10-9-15(12-27)22-11-18-24-16-7-5-6-8-17(16)29-18/h5-8,15,22H,9-12H2,1-4H3/t15-/m1/s1. The Kier molecular flexibility index (Phi) is 5.19. The van der Waals surface area contributed by atoms with Gasteiger partial charge in [0.1, 0.15) is 11.3 Å². The van der Waals surface area contributed by atoms with Gasteiger partial charge in [0.05, 0.1) is 6.54 Å². The Morgan fingerprint density at radius 3 is 2.79 bits per heavy atom. The molecule has 0 unspecified atom stereocenters. The minimum Gasteiger partial charge on any atom is -0.439 e. The van der Waals surface area contributed by atoms with Crippen LogP contribution in [0.15, 0.2) is 28.7 Å². The lowest BCUT2D eigenvalue weighted by Crippen LogP contribution is -2.33. The number of rotatable bonds is 5. The van der Waals surface area contributed by atoms with Crippen LogP contribution in [0, 0.1) is 13.8 Å². The highest BCUT2D eigenvalue weighted by molar-refractivity contribution is 5.90. The number of fused-ring (bicyclic) bond motifs is 1. The summed E-state index contributed by atoms with van der Waals surface area (Å²) in [6.45, 7) is 6.20. The number of hydrogen-bond acceptors (Lipinski definition) is 7. The summed E-state index contributed by atoms with van der Waals surface area (Å²) < 4.78 is 5.79. The summed E-state index contributed by atoms with van der Waals surface area (Å²) in [5.74, 6) is 1.60. The average molecular weight is 394 g/mol. The normalized spacial score (nSPS) is 16.6. The molecule has 4 rings (SSSR count). The second kappa shape index (κ2) is 7.79. The molecule has 1 aromatic carbocycles. The van der Waals surface area contributed by atoms with Crippen molar-refractivity contribution < 1.29 is 9.21 Å². The maximum atomic E-state index is 12.3. The molecule has 8 heteroatoms. The molecule has 0 saturated carbocycles. The Labute approximate surface area is 169 Å². The molecule has 0 bridgehead atoms. The van der Waals surface area contributed by atoms with E-state index in [0.717, 1.165) is 47.7 Å². The molecule has 1 aliphatic heterocycles. The molecular weight excluding hydrogens is 368 g/mol. The molecule has 0 radical (unpaired) electrons. The monoisotopic (exact) mass is 394 g/mol. The Bertz CT molecular complexity index is 1010. The lowest BCUT2D eigenvalue weighted by Gasteiger charge is -2.22. The fourth-order valence-electron chi connectivity index (χ4n) is 3.56. The highest BCUT2D eigenvalue weighted by Crippen LogP contribution is 2.24. The van der Waals surface area contributed by atoms with Crippen LogP contribution < -0.4 is 10.2 Å². The van der Waals surface area contributed by atoms with Crippen LogP contribution in [0.1, 0.15) is 34.2 Å². The highest BCUT2D eigenvalue weighted by atomic mass is 16.3. The summed E-state index contributed by atoms with van der Waals surface area (Å²) in [5, 5.41) is 3.53. The van der Waals surface area contributed by atoms with E-state index in [0.29, 0.717) is 18.5 Å². The molecule has 1 saturated heterocycles. The highest BCUT2D eigenvalue weighted by Gasteiger charge is 2.27. The van der Waals surface area contributed by atoms with Gasteiger partial charge in [0.25, 0.3) is 5.91 Å². The van der Waals surface area contributed by atoms with Crippen molar-refractivity contribution in [2.45, 2.75) is 32.9 Å². The van der Waals surface area contributed by atoms with Crippen LogP contribution in [-0.2, 0) is 6.54 Å². The SMILES string of the molecule is Cc1nc(C(=O)N(C)C)nc(N2CC[C@@H](NCc3nc4ccccc4o3)C2)c1C. The number of anilines is 1. The molecule has 8 nitrogen and oxygen atoms in total. The maximum absolute atomic E-state index is 12.3. The minimum absolute atomic E-state index is 0.181. The second-order valence-electron chi connectivity index (χ2n) is 7.67. The lowest BCUT2D eigenvalue weighted by molar-refractivity contribution is 0.0815. The van der Waals surface area contributed by atoms with Crippen molar-refractivity contribution in [2.24, 2.45) is 0 Å². The molecular formula is C21H26N6O2. The maximum Gasteiger partial charge on any atom is 0.291 e. The van der Waals surface area contributed by atoms with Crippen molar-refractivity contribution in [1.29, 1.82) is 0 Å². The number of amides is 1. The van der Waals surface area contributed by atoms with Crippen LogP contribution in [0.2, 0.25) is 0 Å². The molecule has 3 aromatic rings. The third-order valence-electron chi connectivity index (χ3n) is 5.33. The van der Waals surface area contributed by atoms with Gasteiger partial charge in [-0.2, -0.15) is 0 Å². The van der Waals surface area contributed by atoms with Gasteiger partial charge in [0.15, 0.2) is 5.58 Å². The Hall–Kier alpha value is -3.00. The number of aromatic nitrogens is 3. The van der Waals surface area contributed by atoms with Gasteiger partial charge in [-0.25, -0.2) is 15.0 Å². The van der Waals surface area contributed by atoms with Gasteiger partial charge < -0.3 is 19.5 Å². The van der Waals surface area contributed by atoms with Crippen LogP contribution >= 0.6 is 0 Å². The first-order valence-electron chi connectivity index (χ1n) is 9.82. The molecule has 1 aliphatic rings. The van der Waals surface area contributed by atoms with Crippen LogP contribution in [0.3, 0.4) is 0 Å². The third kappa shape index (κ3) is 3.93. The first kappa shape index (κ1) is 19.3. The predicted molar refractivity (Wildman–Crippen MR) is 111 cm³/mol. The van der Waals surface area contributed by atoms with E-state index in [-0.39, 0.29) is 11.7 Å². The molecule has 152 valence electrons. The zero-order valence-electron chi connectivity index (χ0n) is 17.3. The van der Waals surface area contributed by atoms with E-state index in [1.807, 2.05) is 38.1 Å². The number of nitrogens with one attached hydrogen (secondary N) is 1. The molecule has 29 heavy (non-hydrogen) atoms. The van der Waals surface area contributed by atoms with Crippen molar-refractivity contribution in [3.63, 3.8) is 0 Å². The minimum atomic E-state index is -0.181. The molecule has 1 amide bonds. The summed E-state index contributed by atoms with van der Waals surface area (Å²) in [6.07, 6.45) is 0.986. The number of oxazole rings is 1. The van der Waals surface area contributed by atoms with E-state index in [4.69, 9.17) is 4.42 Å². The second-order valence-corrected chi connectivity index (χ2v) is 7.67. The first-order chi connectivity index (χ1) is 13.9. The predicted octanol–water partition coefficient (Wildman–Crippen LogP) is 2.30. The Morgan fingerprint density at radius 1 is 1.24 bits per heavy atom. The molecule has 0 spiro atoms. The Morgan fingerprint density at radius 2 is 2.03 bits per heavy atom. The number of para-hydroxylation sites is 2. The first-order valence-corrected chi connectivity index (χ1v) is 9.82. The molecule has 3 heterocycles. The zero-order chi connectivity index (χ0) is 20.5. The van der Waals surface area contributed by atoms with E-state index >= 15 is 0 Å². The lowest BCUT2D eigenvalue weighted by atomic mass is 10.2. The van der Waals surface area contributed by atoms with Crippen LogP contribution in [-0.4, -0.2) is 59.0 Å². The quantitative estimate of drug-likeness (QED) is 0.710. The van der Waals surface area contributed by atoms with Gasteiger partial charge in [0.2, 0.25) is 11.7 Å². The van der Waals surface area contributed by atoms with Gasteiger partial charge in [-0.3, -0.25) is 4.79 Å². The summed E-state index contributed by atoms with van der Waals surface area (Å²) >= 11 is 0. The summed E-state index contributed by atoms with van der Waals surface area (Å²) in [5.41, 5.74) is 3.54. The zero-order valence-corrected chi connectivity index (χ0v) is 17.3. The number of nitrogens with zero attached hydrogens (tertiary/aromatic N) is 5. The van der Waals surface area contributed by atoms with Crippen molar-refractivity contribution in [1.82, 2.24) is 25.2 Å². The topological polar surface area (TPSA) is 87.4 Å². The van der Waals surface area contributed by atoms with Gasteiger partial charge in [0, 0.05) is 44.5 Å². The van der Waals surface area contributed by atoms with Crippen molar-refractivity contribution >= 4 is 22.8 Å². The number of aryl methyl sites for hydroxylation is 1. The molecule has 2 aromatic heterocycles. The molecule has 0 aliphatic carbocycles. The number of carbonyl (C=O) groups excluding carboxylic acids is 1. The fourth-order valence-corrected chi connectivity index (χ4v) is 3.56. The van der Waals surface area contributed by atoms with E-state index in [1.54, 1.807) is 14.1 Å². The van der Waals surface area contributed by atoms with Crippen molar-refractivity contribution in [3.05, 3.63) is 47.2 Å². The number of benzene rings is 1. The van der Waals surface area contributed by atoms with Crippen molar-refractivity contribution in [3.8, 4) is 0 Å². The average Bonchev–Trinajstić information content (AvgIpc) is 3.34. The summed E-state index contributed by atoms with van der Waals surface area (Å²) in [7, 11) is 3.42. The summed E-state index contributed by atoms with van der Waals surface area (Å²) in [4.78, 5) is 29.5. The van der Waals surface area contributed by atoms with Crippen LogP contribution in [0.25, 0.3) is 11.1 Å². The Balaban J connectivity index is 1.44. The van der Waals surface area contributed by atoms with E-state index in [9.17, 15) is 4.79 Å². The largest absolute Gasteiger partial charge is 0.439 e. The smallest absolute Gasteiger partial charge is 0.291 e. The van der Waals surface area contributed by atoms with Crippen LogP contribution in [0.4, 0.5) is 5.82 Å². The fraction of sp³-hybridized carbons (Fsp3) is 0.429. The van der Waals surface area contributed by atoms with Crippen LogP contribution in [0.5, 0.6) is 0 Å². The van der Waals surface area contributed by atoms with E-state index in [2.05, 4.69) is 25.2 Å². The van der Waals surface area contributed by atoms with E-state index < -0.39 is 0 Å². The molecule has 1 atom stereocenters. The van der Waals surface area contributed by atoms with Gasteiger partial charge in [-0.05, 0) is 32.4 Å². The van der Waals surface area contributed by atoms with E-state index in [1.165, 1.54) is 4.90 Å². The number of hydrogen-bond donors (Lipinski definition) is 1. The molecule has 1 fully saturated rings. The van der Waals surface area contributed by atoms with Gasteiger partial charge in [-0.15, -0.1) is 0 Å². The van der Waals surface area contributed by atoms with Gasteiger partial charge in [-0.1, -0.05) is 12.1 Å². The van der Waals surface area contributed by atoms with Gasteiger partial charge >= 0.3 is 0 Å².